The number of aliphatic hydroxyl groups is 1. The molecular formula is C32H27N5O5S. The monoisotopic (exact) mass is 593 g/mol. The van der Waals surface area contributed by atoms with Crippen LogP contribution in [-0.4, -0.2) is 38.6 Å². The summed E-state index contributed by atoms with van der Waals surface area (Å²) in [4.78, 5) is 34.6. The second-order valence-corrected chi connectivity index (χ2v) is 11.6. The predicted molar refractivity (Wildman–Crippen MR) is 164 cm³/mol. The van der Waals surface area contributed by atoms with E-state index in [0.717, 1.165) is 39.6 Å². The van der Waals surface area contributed by atoms with Crippen molar-refractivity contribution in [2.75, 3.05) is 17.6 Å². The predicted octanol–water partition coefficient (Wildman–Crippen LogP) is 5.44. The number of ether oxygens (including phenoxy) is 1. The average molecular weight is 594 g/mol. The van der Waals surface area contributed by atoms with Gasteiger partial charge in [-0.3, -0.25) is 4.79 Å². The number of carboxylic acid groups (broad SMARTS) is 1. The standard InChI is InChI=1S/C32H27N5O5S/c33-29-20-4-3-19(11-17(20)7-9-34-29)36-30(38)23-12-24-26(42-15-18-8-10-43-28(18)24)13-22(23)21-5-6-25(37-27(21)32(40)41)31(39)35-14-16-1-2-16/h3-13,16,30,36,38H,1-2,14-15H2,(H2,33,34)(H,35,39)(H,40,41). The lowest BCUT2D eigenvalue weighted by molar-refractivity contribution is 0.0691. The first kappa shape index (κ1) is 26.9. The van der Waals surface area contributed by atoms with Crippen LogP contribution in [0, 0.1) is 5.92 Å². The van der Waals surface area contributed by atoms with Crippen LogP contribution < -0.4 is 21.1 Å². The van der Waals surface area contributed by atoms with Gasteiger partial charge in [-0.1, -0.05) is 0 Å². The number of aromatic carboxylic acids is 1. The van der Waals surface area contributed by atoms with Crippen molar-refractivity contribution < 1.29 is 24.5 Å². The van der Waals surface area contributed by atoms with Gasteiger partial charge in [0.2, 0.25) is 0 Å². The summed E-state index contributed by atoms with van der Waals surface area (Å²) in [6.45, 7) is 0.919. The fourth-order valence-corrected chi connectivity index (χ4v) is 6.27. The maximum absolute atomic E-state index is 12.7. The Balaban J connectivity index is 1.31. The highest BCUT2D eigenvalue weighted by Crippen LogP contribution is 2.46. The summed E-state index contributed by atoms with van der Waals surface area (Å²) in [6.07, 6.45) is 2.52. The number of nitrogens with two attached hydrogens (primary N) is 1. The van der Waals surface area contributed by atoms with Crippen molar-refractivity contribution in [3.8, 4) is 27.3 Å². The first-order chi connectivity index (χ1) is 20.9. The molecule has 10 nitrogen and oxygen atoms in total. The average Bonchev–Trinajstić information content (AvgIpc) is 3.72. The van der Waals surface area contributed by atoms with E-state index in [-0.39, 0.29) is 17.0 Å². The second kappa shape index (κ2) is 10.7. The first-order valence-corrected chi connectivity index (χ1v) is 14.7. The third kappa shape index (κ3) is 5.13. The molecule has 7 rings (SSSR count). The molecule has 1 aliphatic heterocycles. The van der Waals surface area contributed by atoms with Gasteiger partial charge >= 0.3 is 5.97 Å². The number of rotatable bonds is 8. The Morgan fingerprint density at radius 2 is 1.93 bits per heavy atom. The van der Waals surface area contributed by atoms with Gasteiger partial charge < -0.3 is 31.3 Å². The van der Waals surface area contributed by atoms with Crippen LogP contribution in [0.1, 0.15) is 51.2 Å². The van der Waals surface area contributed by atoms with E-state index >= 15 is 0 Å². The van der Waals surface area contributed by atoms with E-state index in [2.05, 4.69) is 20.6 Å². The lowest BCUT2D eigenvalue weighted by Crippen LogP contribution is -2.27. The van der Waals surface area contributed by atoms with Gasteiger partial charge in [0.15, 0.2) is 11.9 Å². The van der Waals surface area contributed by atoms with Crippen molar-refractivity contribution in [2.24, 2.45) is 5.92 Å². The third-order valence-corrected chi connectivity index (χ3v) is 8.78. The number of nitrogens with one attached hydrogen (secondary N) is 2. The van der Waals surface area contributed by atoms with Crippen molar-refractivity contribution in [2.45, 2.75) is 25.7 Å². The number of amides is 1. The summed E-state index contributed by atoms with van der Waals surface area (Å²) in [6, 6.07) is 15.9. The number of fused-ring (bicyclic) bond motifs is 4. The molecule has 4 heterocycles. The maximum Gasteiger partial charge on any atom is 0.355 e. The number of carbonyl (C=O) groups is 2. The summed E-state index contributed by atoms with van der Waals surface area (Å²) in [5.41, 5.74) is 9.29. The molecule has 2 aromatic carbocycles. The van der Waals surface area contributed by atoms with E-state index in [1.807, 2.05) is 35.7 Å². The molecule has 0 saturated heterocycles. The largest absolute Gasteiger partial charge is 0.488 e. The van der Waals surface area contributed by atoms with Crippen molar-refractivity contribution in [1.29, 1.82) is 0 Å². The molecule has 1 aliphatic carbocycles. The van der Waals surface area contributed by atoms with Crippen LogP contribution in [0.4, 0.5) is 11.5 Å². The number of hydrogen-bond acceptors (Lipinski definition) is 9. The zero-order valence-electron chi connectivity index (χ0n) is 22.8. The minimum Gasteiger partial charge on any atom is -0.488 e. The SMILES string of the molecule is Nc1nccc2cc(NC(O)c3cc4c(cc3-c3ccc(C(=O)NCC5CC5)nc3C(=O)O)OCc3ccsc3-4)ccc12. The lowest BCUT2D eigenvalue weighted by Gasteiger charge is -2.24. The Morgan fingerprint density at radius 3 is 2.74 bits per heavy atom. The van der Waals surface area contributed by atoms with Crippen LogP contribution in [0.5, 0.6) is 5.75 Å². The molecule has 1 saturated carbocycles. The number of pyridine rings is 2. The van der Waals surface area contributed by atoms with E-state index in [0.29, 0.717) is 47.5 Å². The van der Waals surface area contributed by atoms with Crippen LogP contribution in [0.2, 0.25) is 0 Å². The molecule has 5 aromatic rings. The molecule has 0 radical (unpaired) electrons. The molecular weight excluding hydrogens is 566 g/mol. The number of hydrogen-bond donors (Lipinski definition) is 5. The van der Waals surface area contributed by atoms with Crippen molar-refractivity contribution in [3.05, 3.63) is 88.7 Å². The highest BCUT2D eigenvalue weighted by Gasteiger charge is 2.28. The highest BCUT2D eigenvalue weighted by atomic mass is 32.1. The summed E-state index contributed by atoms with van der Waals surface area (Å²) >= 11 is 1.57. The zero-order valence-corrected chi connectivity index (χ0v) is 23.6. The van der Waals surface area contributed by atoms with Crippen molar-refractivity contribution in [3.63, 3.8) is 0 Å². The normalized spacial score (nSPS) is 14.3. The van der Waals surface area contributed by atoms with E-state index in [9.17, 15) is 19.8 Å². The van der Waals surface area contributed by atoms with Crippen LogP contribution in [-0.2, 0) is 6.61 Å². The number of benzene rings is 2. The van der Waals surface area contributed by atoms with Gasteiger partial charge in [-0.15, -0.1) is 11.3 Å². The molecule has 3 aromatic heterocycles. The summed E-state index contributed by atoms with van der Waals surface area (Å²) < 4.78 is 6.06. The number of thiophene rings is 1. The molecule has 2 aliphatic rings. The fraction of sp³-hybridized carbons (Fsp3) is 0.188. The minimum absolute atomic E-state index is 0.0180. The molecule has 6 N–H and O–H groups in total. The van der Waals surface area contributed by atoms with Crippen LogP contribution >= 0.6 is 11.3 Å². The Labute approximate surface area is 250 Å². The maximum atomic E-state index is 12.7. The van der Waals surface area contributed by atoms with Crippen LogP contribution in [0.25, 0.3) is 32.3 Å². The van der Waals surface area contributed by atoms with Gasteiger partial charge in [-0.25, -0.2) is 14.8 Å². The number of carbonyl (C=O) groups excluding carboxylic acids is 1. The highest BCUT2D eigenvalue weighted by molar-refractivity contribution is 7.13. The van der Waals surface area contributed by atoms with Crippen LogP contribution in [0.3, 0.4) is 0 Å². The molecule has 1 unspecified atom stereocenters. The number of nitrogens with zero attached hydrogens (tertiary/aromatic N) is 2. The van der Waals surface area contributed by atoms with E-state index in [1.54, 1.807) is 35.7 Å². The Bertz CT molecular complexity index is 1920. The van der Waals surface area contributed by atoms with Gasteiger partial charge in [0.1, 0.15) is 23.9 Å². The number of nitrogen functional groups attached to an aromatic ring is 1. The molecule has 0 bridgehead atoms. The second-order valence-electron chi connectivity index (χ2n) is 10.7. The Hall–Kier alpha value is -5.00. The molecule has 216 valence electrons. The first-order valence-electron chi connectivity index (χ1n) is 13.8. The quantitative estimate of drug-likeness (QED) is 0.148. The Kier molecular flexibility index (Phi) is 6.68. The van der Waals surface area contributed by atoms with E-state index in [1.165, 1.54) is 6.07 Å². The molecule has 43 heavy (non-hydrogen) atoms. The number of aromatic nitrogens is 2. The van der Waals surface area contributed by atoms with Gasteiger partial charge in [-0.05, 0) is 89.7 Å². The molecule has 11 heteroatoms. The van der Waals surface area contributed by atoms with Crippen LogP contribution in [0.15, 0.2) is 66.2 Å². The topological polar surface area (TPSA) is 160 Å². The zero-order chi connectivity index (χ0) is 29.7. The number of carboxylic acids is 1. The third-order valence-electron chi connectivity index (χ3n) is 7.79. The number of aliphatic hydroxyl groups excluding tert-OH is 1. The number of anilines is 2. The van der Waals surface area contributed by atoms with E-state index < -0.39 is 18.1 Å². The Morgan fingerprint density at radius 1 is 1.07 bits per heavy atom. The van der Waals surface area contributed by atoms with Gasteiger partial charge in [-0.2, -0.15) is 0 Å². The van der Waals surface area contributed by atoms with Gasteiger partial charge in [0.25, 0.3) is 5.91 Å². The van der Waals surface area contributed by atoms with Crippen molar-refractivity contribution in [1.82, 2.24) is 15.3 Å². The molecule has 0 spiro atoms. The van der Waals surface area contributed by atoms with Crippen molar-refractivity contribution >= 4 is 45.5 Å². The van der Waals surface area contributed by atoms with Gasteiger partial charge in [0.05, 0.1) is 0 Å². The van der Waals surface area contributed by atoms with E-state index in [4.69, 9.17) is 10.5 Å². The van der Waals surface area contributed by atoms with Gasteiger partial charge in [0, 0.05) is 50.9 Å². The molecule has 1 amide bonds. The summed E-state index contributed by atoms with van der Waals surface area (Å²) in [5, 5.41) is 31.4. The fourth-order valence-electron chi connectivity index (χ4n) is 5.34. The molecule has 1 fully saturated rings. The summed E-state index contributed by atoms with van der Waals surface area (Å²) in [5.74, 6) is -0.271. The molecule has 1 atom stereocenters. The smallest absolute Gasteiger partial charge is 0.355 e. The summed E-state index contributed by atoms with van der Waals surface area (Å²) in [7, 11) is 0. The lowest BCUT2D eigenvalue weighted by atomic mass is 9.92. The minimum atomic E-state index is -1.29.